The van der Waals surface area contributed by atoms with E-state index in [0.717, 1.165) is 16.1 Å². The zero-order valence-corrected chi connectivity index (χ0v) is 18.5. The van der Waals surface area contributed by atoms with Crippen LogP contribution in [0.15, 0.2) is 60.7 Å². The third-order valence-corrected chi connectivity index (χ3v) is 4.99. The molecule has 32 heavy (non-hydrogen) atoms. The Kier molecular flexibility index (Phi) is 7.27. The van der Waals surface area contributed by atoms with Crippen molar-refractivity contribution in [3.05, 3.63) is 71.8 Å². The first-order chi connectivity index (χ1) is 15.2. The van der Waals surface area contributed by atoms with Crippen molar-refractivity contribution >= 4 is 17.8 Å². The lowest BCUT2D eigenvalue weighted by Crippen LogP contribution is -2.70. The Morgan fingerprint density at radius 3 is 2.16 bits per heavy atom. The van der Waals surface area contributed by atoms with E-state index in [0.29, 0.717) is 0 Å². The van der Waals surface area contributed by atoms with Gasteiger partial charge in [0.2, 0.25) is 0 Å². The second-order valence-electron chi connectivity index (χ2n) is 8.69. The SMILES string of the molecule is CC(C)(C)O[C@H]1[C@@H](C(=O)[C@H](Cc2ccccc2)NC(=O)OCc2ccccc2)C(=O)N1N. The average molecular weight is 440 g/mol. The average Bonchev–Trinajstić information content (AvgIpc) is 2.77. The summed E-state index contributed by atoms with van der Waals surface area (Å²) in [6.07, 6.45) is -1.43. The molecule has 1 fully saturated rings. The summed E-state index contributed by atoms with van der Waals surface area (Å²) >= 11 is 0. The first-order valence-electron chi connectivity index (χ1n) is 10.5. The molecule has 3 rings (SSSR count). The number of carbonyl (C=O) groups excluding carboxylic acids is 3. The van der Waals surface area contributed by atoms with Gasteiger partial charge in [-0.05, 0) is 38.3 Å². The number of β-lactam (4-membered cyclic amide) rings is 1. The van der Waals surface area contributed by atoms with E-state index in [1.54, 1.807) is 0 Å². The van der Waals surface area contributed by atoms with Gasteiger partial charge in [0.15, 0.2) is 12.0 Å². The Balaban J connectivity index is 1.73. The van der Waals surface area contributed by atoms with Gasteiger partial charge in [0.25, 0.3) is 5.91 Å². The van der Waals surface area contributed by atoms with Gasteiger partial charge in [-0.1, -0.05) is 60.7 Å². The largest absolute Gasteiger partial charge is 0.445 e. The van der Waals surface area contributed by atoms with E-state index < -0.39 is 41.6 Å². The summed E-state index contributed by atoms with van der Waals surface area (Å²) in [5.74, 6) is 3.66. The third-order valence-electron chi connectivity index (χ3n) is 4.99. The summed E-state index contributed by atoms with van der Waals surface area (Å²) in [6, 6.07) is 17.5. The van der Waals surface area contributed by atoms with E-state index in [-0.39, 0.29) is 13.0 Å². The first kappa shape index (κ1) is 23.4. The van der Waals surface area contributed by atoms with E-state index in [4.69, 9.17) is 15.3 Å². The number of carbonyl (C=O) groups is 3. The van der Waals surface area contributed by atoms with Gasteiger partial charge in [-0.15, -0.1) is 0 Å². The number of nitrogens with one attached hydrogen (secondary N) is 1. The summed E-state index contributed by atoms with van der Waals surface area (Å²) in [4.78, 5) is 38.2. The van der Waals surface area contributed by atoms with E-state index in [1.807, 2.05) is 81.4 Å². The summed E-state index contributed by atoms with van der Waals surface area (Å²) < 4.78 is 11.1. The molecule has 0 aromatic heterocycles. The predicted octanol–water partition coefficient (Wildman–Crippen LogP) is 2.57. The molecule has 2 aromatic carbocycles. The molecule has 2 aromatic rings. The molecule has 0 bridgehead atoms. The Bertz CT molecular complexity index is 943. The summed E-state index contributed by atoms with van der Waals surface area (Å²) in [5, 5.41) is 3.54. The van der Waals surface area contributed by atoms with Crippen LogP contribution < -0.4 is 11.2 Å². The van der Waals surface area contributed by atoms with Gasteiger partial charge in [0.1, 0.15) is 12.5 Å². The number of Topliss-reactive ketones (excluding diaryl/α,β-unsaturated/α-hetero) is 1. The lowest BCUT2D eigenvalue weighted by Gasteiger charge is -2.46. The number of hydrazine groups is 1. The Morgan fingerprint density at radius 1 is 1.03 bits per heavy atom. The highest BCUT2D eigenvalue weighted by molar-refractivity contribution is 6.08. The number of nitrogens with two attached hydrogens (primary N) is 1. The highest BCUT2D eigenvalue weighted by Crippen LogP contribution is 2.30. The van der Waals surface area contributed by atoms with E-state index in [2.05, 4.69) is 5.32 Å². The minimum Gasteiger partial charge on any atom is -0.445 e. The fourth-order valence-electron chi connectivity index (χ4n) is 3.43. The van der Waals surface area contributed by atoms with Gasteiger partial charge in [-0.2, -0.15) is 0 Å². The quantitative estimate of drug-likeness (QED) is 0.283. The van der Waals surface area contributed by atoms with Crippen molar-refractivity contribution in [2.45, 2.75) is 51.7 Å². The van der Waals surface area contributed by atoms with E-state index >= 15 is 0 Å². The maximum Gasteiger partial charge on any atom is 0.408 e. The van der Waals surface area contributed by atoms with Crippen molar-refractivity contribution in [2.75, 3.05) is 0 Å². The molecule has 0 radical (unpaired) electrons. The van der Waals surface area contributed by atoms with Crippen LogP contribution in [0.5, 0.6) is 0 Å². The van der Waals surface area contributed by atoms with Crippen LogP contribution >= 0.6 is 0 Å². The van der Waals surface area contributed by atoms with Crippen molar-refractivity contribution in [2.24, 2.45) is 11.8 Å². The normalized spacial score (nSPS) is 19.1. The number of ketones is 1. The maximum atomic E-state index is 13.3. The summed E-state index contributed by atoms with van der Waals surface area (Å²) in [6.45, 7) is 5.50. The smallest absolute Gasteiger partial charge is 0.408 e. The number of amides is 2. The maximum absolute atomic E-state index is 13.3. The van der Waals surface area contributed by atoms with Crippen molar-refractivity contribution in [3.63, 3.8) is 0 Å². The van der Waals surface area contributed by atoms with Crippen LogP contribution in [0.3, 0.4) is 0 Å². The molecule has 0 spiro atoms. The predicted molar refractivity (Wildman–Crippen MR) is 118 cm³/mol. The standard InChI is InChI=1S/C24H29N3O5/c1-24(2,3)32-22-19(21(29)27(22)25)20(28)18(14-16-10-6-4-7-11-16)26-23(30)31-15-17-12-8-5-9-13-17/h4-13,18-19,22H,14-15,25H2,1-3H3,(H,26,30)/t18-,19-,22-/m0/s1. The molecule has 0 aliphatic carbocycles. The number of hydrogen-bond acceptors (Lipinski definition) is 6. The fourth-order valence-corrected chi connectivity index (χ4v) is 3.43. The van der Waals surface area contributed by atoms with E-state index in [9.17, 15) is 14.4 Å². The lowest BCUT2D eigenvalue weighted by atomic mass is 9.86. The molecule has 3 N–H and O–H groups in total. The molecule has 1 aliphatic heterocycles. The second-order valence-corrected chi connectivity index (χ2v) is 8.69. The molecule has 3 atom stereocenters. The number of hydrogen-bond donors (Lipinski definition) is 2. The van der Waals surface area contributed by atoms with Crippen LogP contribution in [-0.4, -0.2) is 40.7 Å². The molecular weight excluding hydrogens is 410 g/mol. The minimum atomic E-state index is -1.10. The molecular formula is C24H29N3O5. The first-order valence-corrected chi connectivity index (χ1v) is 10.5. The van der Waals surface area contributed by atoms with Crippen LogP contribution in [0.2, 0.25) is 0 Å². The monoisotopic (exact) mass is 439 g/mol. The van der Waals surface area contributed by atoms with Gasteiger partial charge in [0.05, 0.1) is 11.6 Å². The number of nitrogens with zero attached hydrogens (tertiary/aromatic N) is 1. The molecule has 0 saturated carbocycles. The number of rotatable bonds is 8. The van der Waals surface area contributed by atoms with Gasteiger partial charge in [-0.25, -0.2) is 15.6 Å². The Hall–Kier alpha value is -3.23. The zero-order valence-electron chi connectivity index (χ0n) is 18.5. The molecule has 1 heterocycles. The van der Waals surface area contributed by atoms with Crippen molar-refractivity contribution in [1.82, 2.24) is 10.3 Å². The minimum absolute atomic E-state index is 0.0631. The molecule has 1 saturated heterocycles. The summed E-state index contributed by atoms with van der Waals surface area (Å²) in [5.41, 5.74) is 1.04. The topological polar surface area (TPSA) is 111 Å². The molecule has 8 nitrogen and oxygen atoms in total. The molecule has 1 aliphatic rings. The zero-order chi connectivity index (χ0) is 23.3. The van der Waals surface area contributed by atoms with Gasteiger partial charge in [-0.3, -0.25) is 9.59 Å². The van der Waals surface area contributed by atoms with Crippen LogP contribution in [0, 0.1) is 5.92 Å². The summed E-state index contributed by atoms with van der Waals surface area (Å²) in [7, 11) is 0. The van der Waals surface area contributed by atoms with Gasteiger partial charge < -0.3 is 14.8 Å². The molecule has 0 unspecified atom stereocenters. The van der Waals surface area contributed by atoms with Crippen molar-refractivity contribution in [1.29, 1.82) is 0 Å². The van der Waals surface area contributed by atoms with Crippen LogP contribution in [0.1, 0.15) is 31.9 Å². The fraction of sp³-hybridized carbons (Fsp3) is 0.375. The molecule has 170 valence electrons. The molecule has 2 amide bonds. The lowest BCUT2D eigenvalue weighted by molar-refractivity contribution is -0.216. The second kappa shape index (κ2) is 9.93. The van der Waals surface area contributed by atoms with Crippen LogP contribution in [0.25, 0.3) is 0 Å². The highest BCUT2D eigenvalue weighted by Gasteiger charge is 2.54. The van der Waals surface area contributed by atoms with Gasteiger partial charge in [0, 0.05) is 0 Å². The highest BCUT2D eigenvalue weighted by atomic mass is 16.5. The van der Waals surface area contributed by atoms with Crippen molar-refractivity contribution < 1.29 is 23.9 Å². The third kappa shape index (κ3) is 5.93. The Labute approximate surface area is 187 Å². The van der Waals surface area contributed by atoms with Crippen LogP contribution in [-0.2, 0) is 32.1 Å². The Morgan fingerprint density at radius 2 is 1.59 bits per heavy atom. The van der Waals surface area contributed by atoms with E-state index in [1.165, 1.54) is 0 Å². The van der Waals surface area contributed by atoms with Crippen molar-refractivity contribution in [3.8, 4) is 0 Å². The number of alkyl carbamates (subject to hydrolysis) is 1. The molecule has 8 heteroatoms. The van der Waals surface area contributed by atoms with Gasteiger partial charge >= 0.3 is 6.09 Å². The van der Waals surface area contributed by atoms with Crippen LogP contribution in [0.4, 0.5) is 4.79 Å². The number of benzene rings is 2. The number of ether oxygens (including phenoxy) is 2.